The van der Waals surface area contributed by atoms with Crippen LogP contribution in [0.3, 0.4) is 0 Å². The van der Waals surface area contributed by atoms with E-state index in [1.54, 1.807) is 31.0 Å². The second-order valence-electron chi connectivity index (χ2n) is 7.52. The molecule has 1 unspecified atom stereocenters. The summed E-state index contributed by atoms with van der Waals surface area (Å²) >= 11 is 6.62. The van der Waals surface area contributed by atoms with E-state index < -0.39 is 5.92 Å². The van der Waals surface area contributed by atoms with E-state index in [1.165, 1.54) is 11.3 Å². The molecule has 3 aromatic rings. The average molecular weight is 553 g/mol. The molecule has 1 aliphatic rings. The van der Waals surface area contributed by atoms with Crippen LogP contribution in [0.4, 0.5) is 5.69 Å². The van der Waals surface area contributed by atoms with E-state index >= 15 is 0 Å². The molecule has 0 spiro atoms. The number of hydrogen-bond donors (Lipinski definition) is 2. The quantitative estimate of drug-likeness (QED) is 0.338. The van der Waals surface area contributed by atoms with Gasteiger partial charge in [0.2, 0.25) is 0 Å². The lowest BCUT2D eigenvalue weighted by Gasteiger charge is -2.29. The molecular weight excluding hydrogens is 530 g/mol. The van der Waals surface area contributed by atoms with Gasteiger partial charge in [0.1, 0.15) is 5.75 Å². The van der Waals surface area contributed by atoms with Crippen LogP contribution in [0.25, 0.3) is 0 Å². The van der Waals surface area contributed by atoms with Gasteiger partial charge in [-0.05, 0) is 52.7 Å². The minimum absolute atomic E-state index is 0.274. The predicted molar refractivity (Wildman–Crippen MR) is 143 cm³/mol. The number of nitrogens with zero attached hydrogens (tertiary/aromatic N) is 1. The largest absolute Gasteiger partial charge is 0.495 e. The molecule has 1 atom stereocenters. The third-order valence-electron chi connectivity index (χ3n) is 5.35. The number of methoxy groups -OCH3 is 1. The monoisotopic (exact) mass is 551 g/mol. The predicted octanol–water partition coefficient (Wildman–Crippen LogP) is 6.79. The Bertz CT molecular complexity index is 1310. The third-order valence-corrected chi connectivity index (χ3v) is 8.13. The smallest absolute Gasteiger partial charge is 0.254 e. The summed E-state index contributed by atoms with van der Waals surface area (Å²) in [5, 5.41) is 17.3. The first-order chi connectivity index (χ1) is 16.5. The number of benzene rings is 2. The van der Waals surface area contributed by atoms with Gasteiger partial charge in [-0.15, -0.1) is 23.1 Å². The lowest BCUT2D eigenvalue weighted by Crippen LogP contribution is -2.30. The van der Waals surface area contributed by atoms with E-state index in [2.05, 4.69) is 44.8 Å². The summed E-state index contributed by atoms with van der Waals surface area (Å²) in [5.41, 5.74) is 3.51. The first kappa shape index (κ1) is 24.1. The lowest BCUT2D eigenvalue weighted by atomic mass is 9.86. The Morgan fingerprint density at radius 2 is 1.91 bits per heavy atom. The van der Waals surface area contributed by atoms with Crippen LogP contribution in [-0.4, -0.2) is 13.0 Å². The van der Waals surface area contributed by atoms with Crippen molar-refractivity contribution in [1.29, 1.82) is 5.26 Å². The van der Waals surface area contributed by atoms with Crippen molar-refractivity contribution in [2.45, 2.75) is 18.6 Å². The third kappa shape index (κ3) is 5.22. The molecule has 5 nitrogen and oxygen atoms in total. The molecule has 1 aromatic heterocycles. The Kier molecular flexibility index (Phi) is 7.78. The van der Waals surface area contributed by atoms with Gasteiger partial charge in [0.15, 0.2) is 0 Å². The van der Waals surface area contributed by atoms with Crippen molar-refractivity contribution >= 4 is 50.6 Å². The molecule has 4 rings (SSSR count). The van der Waals surface area contributed by atoms with Crippen LogP contribution in [0.1, 0.15) is 23.3 Å². The van der Waals surface area contributed by atoms with Gasteiger partial charge in [-0.1, -0.05) is 42.5 Å². The summed E-state index contributed by atoms with van der Waals surface area (Å²) < 4.78 is 6.34. The number of carbonyl (C=O) groups excluding carboxylic acids is 1. The molecule has 1 amide bonds. The Labute approximate surface area is 215 Å². The zero-order valence-corrected chi connectivity index (χ0v) is 21.8. The number of dihydropyridines is 1. The van der Waals surface area contributed by atoms with Crippen LogP contribution in [0, 0.1) is 11.3 Å². The van der Waals surface area contributed by atoms with Gasteiger partial charge in [-0.3, -0.25) is 4.79 Å². The van der Waals surface area contributed by atoms with E-state index in [0.717, 1.165) is 25.0 Å². The minimum Gasteiger partial charge on any atom is -0.495 e. The Morgan fingerprint density at radius 3 is 2.59 bits per heavy atom. The van der Waals surface area contributed by atoms with Crippen molar-refractivity contribution in [3.63, 3.8) is 0 Å². The molecule has 8 heteroatoms. The van der Waals surface area contributed by atoms with Crippen molar-refractivity contribution < 1.29 is 9.53 Å². The lowest BCUT2D eigenvalue weighted by molar-refractivity contribution is -0.113. The number of allylic oxidation sites excluding steroid dienone is 2. The molecule has 2 heterocycles. The van der Waals surface area contributed by atoms with Gasteiger partial charge in [0.25, 0.3) is 5.91 Å². The number of anilines is 1. The maximum Gasteiger partial charge on any atom is 0.254 e. The summed E-state index contributed by atoms with van der Waals surface area (Å²) in [6.45, 7) is 1.88. The molecule has 0 saturated heterocycles. The van der Waals surface area contributed by atoms with E-state index in [9.17, 15) is 10.1 Å². The highest BCUT2D eigenvalue weighted by molar-refractivity contribution is 9.11. The van der Waals surface area contributed by atoms with Gasteiger partial charge in [-0.25, -0.2) is 0 Å². The molecule has 1 aliphatic heterocycles. The minimum atomic E-state index is -0.476. The molecule has 0 radical (unpaired) electrons. The van der Waals surface area contributed by atoms with Crippen LogP contribution in [0.15, 0.2) is 92.4 Å². The number of ether oxygens (including phenoxy) is 1. The van der Waals surface area contributed by atoms with E-state index in [0.29, 0.717) is 28.3 Å². The maximum atomic E-state index is 13.6. The first-order valence-electron chi connectivity index (χ1n) is 10.5. The van der Waals surface area contributed by atoms with Crippen molar-refractivity contribution in [2.75, 3.05) is 12.4 Å². The fourth-order valence-corrected chi connectivity index (χ4v) is 6.35. The number of carbonyl (C=O) groups is 1. The zero-order chi connectivity index (χ0) is 24.1. The number of hydrogen-bond acceptors (Lipinski definition) is 6. The number of para-hydroxylation sites is 2. The Hall–Kier alpha value is -2.99. The number of rotatable bonds is 7. The van der Waals surface area contributed by atoms with E-state index in [-0.39, 0.29) is 5.91 Å². The zero-order valence-electron chi connectivity index (χ0n) is 18.6. The first-order valence-corrected chi connectivity index (χ1v) is 13.1. The Balaban J connectivity index is 1.71. The van der Waals surface area contributed by atoms with Crippen LogP contribution in [-0.2, 0) is 10.5 Å². The summed E-state index contributed by atoms with van der Waals surface area (Å²) in [6.07, 6.45) is 0. The highest BCUT2D eigenvalue weighted by Crippen LogP contribution is 2.44. The maximum absolute atomic E-state index is 13.6. The number of thioether (sulfide) groups is 1. The van der Waals surface area contributed by atoms with Crippen molar-refractivity contribution in [2.24, 2.45) is 0 Å². The van der Waals surface area contributed by atoms with Gasteiger partial charge in [-0.2, -0.15) is 5.26 Å². The summed E-state index contributed by atoms with van der Waals surface area (Å²) in [5.74, 6) is 0.536. The molecule has 0 fully saturated rings. The molecule has 2 aromatic carbocycles. The molecular formula is C26H22BrN3O2S2. The average Bonchev–Trinajstić information content (AvgIpc) is 3.29. The van der Waals surface area contributed by atoms with Crippen LogP contribution in [0.5, 0.6) is 5.75 Å². The number of nitrogens with one attached hydrogen (secondary N) is 2. The van der Waals surface area contributed by atoms with Crippen molar-refractivity contribution in [3.8, 4) is 11.8 Å². The molecule has 34 heavy (non-hydrogen) atoms. The summed E-state index contributed by atoms with van der Waals surface area (Å²) in [7, 11) is 1.57. The van der Waals surface area contributed by atoms with Gasteiger partial charge in [0, 0.05) is 21.9 Å². The SMILES string of the molecule is COc1ccccc1NC(=O)C1=C(C)NC(SCc2ccccc2)=C(C#N)C1c1ccc(Br)s1. The highest BCUT2D eigenvalue weighted by atomic mass is 79.9. The molecule has 172 valence electrons. The van der Waals surface area contributed by atoms with E-state index in [4.69, 9.17) is 4.74 Å². The van der Waals surface area contributed by atoms with Gasteiger partial charge < -0.3 is 15.4 Å². The number of amides is 1. The van der Waals surface area contributed by atoms with Crippen LogP contribution < -0.4 is 15.4 Å². The molecule has 0 bridgehead atoms. The van der Waals surface area contributed by atoms with Gasteiger partial charge in [0.05, 0.1) is 39.2 Å². The van der Waals surface area contributed by atoms with E-state index in [1.807, 2.05) is 49.4 Å². The number of halogens is 1. The molecule has 2 N–H and O–H groups in total. The number of nitriles is 1. The second-order valence-corrected chi connectivity index (χ2v) is 11.0. The van der Waals surface area contributed by atoms with Crippen LogP contribution >= 0.6 is 39.0 Å². The normalized spacial score (nSPS) is 15.5. The van der Waals surface area contributed by atoms with Gasteiger partial charge >= 0.3 is 0 Å². The van der Waals surface area contributed by atoms with Crippen molar-refractivity contribution in [3.05, 3.63) is 103 Å². The summed E-state index contributed by atoms with van der Waals surface area (Å²) in [4.78, 5) is 14.5. The second kappa shape index (κ2) is 11.0. The fraction of sp³-hybridized carbons (Fsp3) is 0.154. The highest BCUT2D eigenvalue weighted by Gasteiger charge is 2.35. The fourth-order valence-electron chi connectivity index (χ4n) is 3.76. The molecule has 0 saturated carbocycles. The topological polar surface area (TPSA) is 74.2 Å². The standard InChI is InChI=1S/C26H22BrN3O2S2/c1-16-23(25(31)30-19-10-6-7-11-20(19)32-2)24(21-12-13-22(27)34-21)18(14-28)26(29-16)33-15-17-8-4-3-5-9-17/h3-13,24,29H,15H2,1-2H3,(H,30,31). The number of thiophene rings is 1. The Morgan fingerprint density at radius 1 is 1.18 bits per heavy atom. The van der Waals surface area contributed by atoms with Crippen molar-refractivity contribution in [1.82, 2.24) is 5.32 Å². The molecule has 0 aliphatic carbocycles. The van der Waals surface area contributed by atoms with Crippen LogP contribution in [0.2, 0.25) is 0 Å². The summed E-state index contributed by atoms with van der Waals surface area (Å²) in [6, 6.07) is 23.7.